The molecule has 5 fully saturated rings. The summed E-state index contributed by atoms with van der Waals surface area (Å²) in [6.07, 6.45) is 1.12. The third-order valence-electron chi connectivity index (χ3n) is 7.39. The van der Waals surface area contributed by atoms with Crippen molar-refractivity contribution in [1.29, 1.82) is 0 Å². The van der Waals surface area contributed by atoms with E-state index in [1.807, 2.05) is 0 Å². The lowest BCUT2D eigenvalue weighted by atomic mass is 10.1. The predicted molar refractivity (Wildman–Crippen MR) is 91.8 cm³/mol. The molecule has 0 aromatic carbocycles. The van der Waals surface area contributed by atoms with Crippen LogP contribution in [0.25, 0.3) is 0 Å². The molecule has 5 heterocycles. The van der Waals surface area contributed by atoms with E-state index in [0.717, 1.165) is 13.2 Å². The Labute approximate surface area is 146 Å². The van der Waals surface area contributed by atoms with Gasteiger partial charge >= 0.3 is 0 Å². The van der Waals surface area contributed by atoms with Gasteiger partial charge < -0.3 is 18.4 Å². The molecule has 5 rings (SSSR count). The fourth-order valence-corrected chi connectivity index (χ4v) is 5.12. The van der Waals surface area contributed by atoms with Crippen LogP contribution in [0.1, 0.15) is 0 Å². The predicted octanol–water partition coefficient (Wildman–Crippen LogP) is -0.938. The summed E-state index contributed by atoms with van der Waals surface area (Å²) in [4.78, 5) is 5.28. The van der Waals surface area contributed by atoms with E-state index in [1.165, 1.54) is 101 Å². The lowest BCUT2D eigenvalue weighted by Crippen LogP contribution is -2.73. The van der Waals surface area contributed by atoms with Gasteiger partial charge in [-0.1, -0.05) is 0 Å². The largest absolute Gasteiger partial charge is 0.372 e. The number of nitrogens with zero attached hydrogens (tertiary/aromatic N) is 4. The summed E-state index contributed by atoms with van der Waals surface area (Å²) in [5, 5.41) is 0. The van der Waals surface area contributed by atoms with Gasteiger partial charge in [-0.25, -0.2) is 0 Å². The van der Waals surface area contributed by atoms with E-state index >= 15 is 0 Å². The third-order valence-corrected chi connectivity index (χ3v) is 7.39. The second kappa shape index (κ2) is 6.18. The van der Waals surface area contributed by atoms with Crippen molar-refractivity contribution in [2.75, 3.05) is 105 Å². The van der Waals surface area contributed by atoms with Crippen LogP contribution in [0.3, 0.4) is 0 Å². The maximum atomic E-state index is 5.40. The van der Waals surface area contributed by atoms with E-state index in [9.17, 15) is 0 Å². The molecule has 0 radical (unpaired) electrons. The number of epoxide rings is 2. The van der Waals surface area contributed by atoms with Crippen LogP contribution >= 0.6 is 0 Å². The van der Waals surface area contributed by atoms with Crippen LogP contribution in [0.2, 0.25) is 0 Å². The summed E-state index contributed by atoms with van der Waals surface area (Å²) in [5.41, 5.74) is 0. The zero-order valence-corrected chi connectivity index (χ0v) is 15.1. The highest BCUT2D eigenvalue weighted by molar-refractivity contribution is 4.78. The molecule has 0 amide bonds. The maximum Gasteiger partial charge on any atom is 0.129 e. The molecular weight excluding hydrogens is 304 g/mol. The molecule has 0 saturated carbocycles. The van der Waals surface area contributed by atoms with Gasteiger partial charge in [0.2, 0.25) is 0 Å². The molecule has 5 saturated heterocycles. The minimum atomic E-state index is 0.559. The van der Waals surface area contributed by atoms with Crippen molar-refractivity contribution < 1.29 is 18.4 Å². The van der Waals surface area contributed by atoms with Gasteiger partial charge in [0.25, 0.3) is 0 Å². The summed E-state index contributed by atoms with van der Waals surface area (Å²) < 4.78 is 13.6. The Kier molecular flexibility index (Phi) is 4.11. The minimum absolute atomic E-state index is 0.559. The van der Waals surface area contributed by atoms with Crippen molar-refractivity contribution in [3.63, 3.8) is 0 Å². The molecule has 2 unspecified atom stereocenters. The third kappa shape index (κ3) is 3.50. The van der Waals surface area contributed by atoms with E-state index in [2.05, 4.69) is 9.80 Å². The SMILES string of the molecule is C1OC1CN1CC[N+]2(CC1)CC[N+]1(CCN(CC3CO3)CC1)CC2. The minimum Gasteiger partial charge on any atom is -0.372 e. The summed E-state index contributed by atoms with van der Waals surface area (Å²) >= 11 is 0. The number of hydrogen-bond acceptors (Lipinski definition) is 4. The van der Waals surface area contributed by atoms with Gasteiger partial charge in [0, 0.05) is 39.3 Å². The Morgan fingerprint density at radius 3 is 1.21 bits per heavy atom. The highest BCUT2D eigenvalue weighted by atomic mass is 16.6. The first-order chi connectivity index (χ1) is 11.7. The zero-order valence-electron chi connectivity index (χ0n) is 15.1. The van der Waals surface area contributed by atoms with E-state index < -0.39 is 0 Å². The average Bonchev–Trinajstić information content (AvgIpc) is 3.52. The Balaban J connectivity index is 1.09. The van der Waals surface area contributed by atoms with Crippen molar-refractivity contribution in [2.45, 2.75) is 12.2 Å². The molecule has 0 bridgehead atoms. The van der Waals surface area contributed by atoms with Crippen molar-refractivity contribution in [3.8, 4) is 0 Å². The Hall–Kier alpha value is -0.240. The Morgan fingerprint density at radius 2 is 0.917 bits per heavy atom. The van der Waals surface area contributed by atoms with Crippen LogP contribution in [0.5, 0.6) is 0 Å². The smallest absolute Gasteiger partial charge is 0.129 e. The van der Waals surface area contributed by atoms with Crippen LogP contribution < -0.4 is 0 Å². The number of quaternary nitrogens is 2. The first kappa shape index (κ1) is 16.0. The molecular formula is C18H34N4O2+2. The van der Waals surface area contributed by atoms with E-state index in [0.29, 0.717) is 12.2 Å². The summed E-state index contributed by atoms with van der Waals surface area (Å²) in [6, 6.07) is 0. The van der Waals surface area contributed by atoms with Crippen molar-refractivity contribution >= 4 is 0 Å². The summed E-state index contributed by atoms with van der Waals surface area (Å²) in [7, 11) is 0. The van der Waals surface area contributed by atoms with Crippen LogP contribution in [0.4, 0.5) is 0 Å². The molecule has 0 aromatic heterocycles. The molecule has 6 heteroatoms. The molecule has 0 aliphatic carbocycles. The van der Waals surface area contributed by atoms with Crippen molar-refractivity contribution in [2.24, 2.45) is 0 Å². The second-order valence-electron chi connectivity index (χ2n) is 8.98. The normalized spacial score (nSPS) is 38.5. The van der Waals surface area contributed by atoms with Crippen molar-refractivity contribution in [3.05, 3.63) is 0 Å². The fraction of sp³-hybridized carbons (Fsp3) is 1.00. The highest BCUT2D eigenvalue weighted by Gasteiger charge is 2.45. The molecule has 5 aliphatic heterocycles. The van der Waals surface area contributed by atoms with Gasteiger partial charge in [0.05, 0.1) is 51.6 Å². The first-order valence-corrected chi connectivity index (χ1v) is 10.1. The van der Waals surface area contributed by atoms with Crippen LogP contribution in [-0.4, -0.2) is 136 Å². The average molecular weight is 338 g/mol. The van der Waals surface area contributed by atoms with Gasteiger partial charge in [0.1, 0.15) is 26.2 Å². The molecule has 0 aromatic rings. The van der Waals surface area contributed by atoms with Crippen LogP contribution in [-0.2, 0) is 9.47 Å². The van der Waals surface area contributed by atoms with E-state index in [-0.39, 0.29) is 0 Å². The fourth-order valence-electron chi connectivity index (χ4n) is 5.12. The van der Waals surface area contributed by atoms with Crippen LogP contribution in [0.15, 0.2) is 0 Å². The van der Waals surface area contributed by atoms with Gasteiger partial charge in [-0.05, 0) is 0 Å². The lowest BCUT2D eigenvalue weighted by Gasteiger charge is -2.54. The quantitative estimate of drug-likeness (QED) is 0.489. The molecule has 5 aliphatic rings. The van der Waals surface area contributed by atoms with Crippen LogP contribution in [0, 0.1) is 0 Å². The van der Waals surface area contributed by atoms with Gasteiger partial charge in [-0.3, -0.25) is 9.80 Å². The van der Waals surface area contributed by atoms with E-state index in [4.69, 9.17) is 9.47 Å². The molecule has 136 valence electrons. The molecule has 2 atom stereocenters. The Morgan fingerprint density at radius 1 is 0.583 bits per heavy atom. The number of rotatable bonds is 4. The standard InChI is InChI=1S/C18H34N4O2/c1-5-21(6-2-19(1)13-17-15-23-17)9-11-22(12-10-21)7-3-20(4-8-22)14-18-16-24-18/h17-18H,1-16H2/q+2. The molecule has 6 nitrogen and oxygen atoms in total. The topological polar surface area (TPSA) is 31.5 Å². The lowest BCUT2D eigenvalue weighted by molar-refractivity contribution is -1.03. The zero-order chi connectivity index (χ0) is 16.0. The number of hydrogen-bond donors (Lipinski definition) is 0. The summed E-state index contributed by atoms with van der Waals surface area (Å²) in [5.74, 6) is 0. The van der Waals surface area contributed by atoms with Crippen molar-refractivity contribution in [1.82, 2.24) is 9.80 Å². The molecule has 2 spiro atoms. The number of piperazine rings is 3. The van der Waals surface area contributed by atoms with Gasteiger partial charge in [-0.2, -0.15) is 0 Å². The molecule has 24 heavy (non-hydrogen) atoms. The first-order valence-electron chi connectivity index (χ1n) is 10.1. The highest BCUT2D eigenvalue weighted by Crippen LogP contribution is 2.25. The van der Waals surface area contributed by atoms with Gasteiger partial charge in [-0.15, -0.1) is 0 Å². The van der Waals surface area contributed by atoms with E-state index in [1.54, 1.807) is 0 Å². The maximum absolute atomic E-state index is 5.40. The number of ether oxygens (including phenoxy) is 2. The second-order valence-corrected chi connectivity index (χ2v) is 8.98. The summed E-state index contributed by atoms with van der Waals surface area (Å²) in [6.45, 7) is 20.7. The molecule has 0 N–H and O–H groups in total. The monoisotopic (exact) mass is 338 g/mol. The van der Waals surface area contributed by atoms with Gasteiger partial charge in [0.15, 0.2) is 0 Å². The Bertz CT molecular complexity index is 396.